The van der Waals surface area contributed by atoms with E-state index in [1.165, 1.54) is 0 Å². The highest BCUT2D eigenvalue weighted by Gasteiger charge is 2.42. The highest BCUT2D eigenvalue weighted by Crippen LogP contribution is 2.38. The summed E-state index contributed by atoms with van der Waals surface area (Å²) in [5.41, 5.74) is 1.07. The molecule has 0 aliphatic carbocycles. The zero-order valence-electron chi connectivity index (χ0n) is 12.1. The number of nitrogens with zero attached hydrogens (tertiary/aromatic N) is 3. The second kappa shape index (κ2) is 5.48. The first kappa shape index (κ1) is 13.5. The Balaban J connectivity index is 1.62. The van der Waals surface area contributed by atoms with Crippen molar-refractivity contribution < 1.29 is 4.79 Å². The average molecular weight is 274 g/mol. The monoisotopic (exact) mass is 274 g/mol. The summed E-state index contributed by atoms with van der Waals surface area (Å²) in [6.45, 7) is 5.69. The van der Waals surface area contributed by atoms with Gasteiger partial charge in [0.1, 0.15) is 5.82 Å². The Morgan fingerprint density at radius 2 is 2.05 bits per heavy atom. The number of hydrogen-bond acceptors (Lipinski definition) is 4. The second-order valence-electron chi connectivity index (χ2n) is 6.05. The highest BCUT2D eigenvalue weighted by molar-refractivity contribution is 5.84. The van der Waals surface area contributed by atoms with E-state index in [4.69, 9.17) is 0 Å². The SMILES string of the molecule is Cc1ncc(CN2CCCC3(CCNC3=O)CC2)cn1. The van der Waals surface area contributed by atoms with E-state index in [2.05, 4.69) is 20.2 Å². The molecule has 5 nitrogen and oxygen atoms in total. The minimum atomic E-state index is -0.0848. The molecule has 2 aliphatic rings. The molecule has 108 valence electrons. The molecule has 2 saturated heterocycles. The van der Waals surface area contributed by atoms with Gasteiger partial charge >= 0.3 is 0 Å². The minimum absolute atomic E-state index is 0.0848. The van der Waals surface area contributed by atoms with Crippen LogP contribution in [0, 0.1) is 12.3 Å². The van der Waals surface area contributed by atoms with Crippen molar-refractivity contribution in [2.45, 2.75) is 39.2 Å². The lowest BCUT2D eigenvalue weighted by molar-refractivity contribution is -0.128. The maximum absolute atomic E-state index is 12.1. The first-order valence-corrected chi connectivity index (χ1v) is 7.46. The number of carbonyl (C=O) groups is 1. The molecule has 2 aliphatic heterocycles. The van der Waals surface area contributed by atoms with Crippen LogP contribution in [0.15, 0.2) is 12.4 Å². The van der Waals surface area contributed by atoms with Crippen molar-refractivity contribution in [2.75, 3.05) is 19.6 Å². The molecule has 0 saturated carbocycles. The number of rotatable bonds is 2. The van der Waals surface area contributed by atoms with Crippen molar-refractivity contribution in [3.8, 4) is 0 Å². The molecule has 1 aromatic heterocycles. The number of nitrogens with one attached hydrogen (secondary N) is 1. The van der Waals surface area contributed by atoms with Crippen LogP contribution in [0.2, 0.25) is 0 Å². The lowest BCUT2D eigenvalue weighted by atomic mass is 9.79. The summed E-state index contributed by atoms with van der Waals surface area (Å²) >= 11 is 0. The number of likely N-dealkylation sites (tertiary alicyclic amines) is 1. The minimum Gasteiger partial charge on any atom is -0.356 e. The third-order valence-electron chi connectivity index (χ3n) is 4.65. The van der Waals surface area contributed by atoms with Gasteiger partial charge in [-0.1, -0.05) is 0 Å². The largest absolute Gasteiger partial charge is 0.356 e. The van der Waals surface area contributed by atoms with Gasteiger partial charge in [-0.05, 0) is 45.7 Å². The molecular weight excluding hydrogens is 252 g/mol. The summed E-state index contributed by atoms with van der Waals surface area (Å²) in [4.78, 5) is 23.0. The fraction of sp³-hybridized carbons (Fsp3) is 0.667. The normalized spacial score (nSPS) is 27.6. The zero-order valence-corrected chi connectivity index (χ0v) is 12.1. The van der Waals surface area contributed by atoms with Gasteiger partial charge in [0.2, 0.25) is 5.91 Å². The van der Waals surface area contributed by atoms with Crippen LogP contribution < -0.4 is 5.32 Å². The highest BCUT2D eigenvalue weighted by atomic mass is 16.2. The molecule has 0 radical (unpaired) electrons. The van der Waals surface area contributed by atoms with Gasteiger partial charge in [0.05, 0.1) is 5.41 Å². The van der Waals surface area contributed by atoms with E-state index in [0.717, 1.165) is 63.3 Å². The summed E-state index contributed by atoms with van der Waals surface area (Å²) in [6.07, 6.45) is 7.93. The van der Waals surface area contributed by atoms with Crippen LogP contribution in [0.25, 0.3) is 0 Å². The number of aryl methyl sites for hydroxylation is 1. The van der Waals surface area contributed by atoms with Crippen molar-refractivity contribution in [3.05, 3.63) is 23.8 Å². The Bertz CT molecular complexity index is 487. The molecule has 1 amide bonds. The number of carbonyl (C=O) groups excluding carboxylic acids is 1. The van der Waals surface area contributed by atoms with Gasteiger partial charge < -0.3 is 5.32 Å². The summed E-state index contributed by atoms with van der Waals surface area (Å²) in [5, 5.41) is 3.00. The van der Waals surface area contributed by atoms with Crippen LogP contribution in [0.1, 0.15) is 37.1 Å². The van der Waals surface area contributed by atoms with Gasteiger partial charge in [-0.15, -0.1) is 0 Å². The molecule has 5 heteroatoms. The van der Waals surface area contributed by atoms with E-state index in [-0.39, 0.29) is 11.3 Å². The predicted octanol–water partition coefficient (Wildman–Crippen LogP) is 1.28. The smallest absolute Gasteiger partial charge is 0.226 e. The lowest BCUT2D eigenvalue weighted by Crippen LogP contribution is -2.32. The van der Waals surface area contributed by atoms with Crippen molar-refractivity contribution in [3.63, 3.8) is 0 Å². The Morgan fingerprint density at radius 1 is 1.25 bits per heavy atom. The quantitative estimate of drug-likeness (QED) is 0.882. The molecule has 1 atom stereocenters. The maximum atomic E-state index is 12.1. The molecule has 3 heterocycles. The van der Waals surface area contributed by atoms with Crippen molar-refractivity contribution in [2.24, 2.45) is 5.41 Å². The molecule has 1 N–H and O–H groups in total. The van der Waals surface area contributed by atoms with Gasteiger partial charge in [0, 0.05) is 31.0 Å². The van der Waals surface area contributed by atoms with Crippen LogP contribution in [0.4, 0.5) is 0 Å². The summed E-state index contributed by atoms with van der Waals surface area (Å²) < 4.78 is 0. The number of hydrogen-bond donors (Lipinski definition) is 1. The summed E-state index contributed by atoms with van der Waals surface area (Å²) in [7, 11) is 0. The topological polar surface area (TPSA) is 58.1 Å². The van der Waals surface area contributed by atoms with Crippen LogP contribution in [-0.2, 0) is 11.3 Å². The molecule has 1 spiro atoms. The van der Waals surface area contributed by atoms with Gasteiger partial charge in [-0.2, -0.15) is 0 Å². The van der Waals surface area contributed by atoms with Gasteiger partial charge in [0.15, 0.2) is 0 Å². The third kappa shape index (κ3) is 2.68. The summed E-state index contributed by atoms with van der Waals surface area (Å²) in [5.74, 6) is 1.09. The molecule has 2 fully saturated rings. The summed E-state index contributed by atoms with van der Waals surface area (Å²) in [6, 6.07) is 0. The predicted molar refractivity (Wildman–Crippen MR) is 76.0 cm³/mol. The average Bonchev–Trinajstić information content (AvgIpc) is 2.67. The lowest BCUT2D eigenvalue weighted by Gasteiger charge is -2.24. The van der Waals surface area contributed by atoms with Crippen LogP contribution in [0.3, 0.4) is 0 Å². The molecule has 20 heavy (non-hydrogen) atoms. The Hall–Kier alpha value is -1.49. The van der Waals surface area contributed by atoms with Crippen molar-refractivity contribution >= 4 is 5.91 Å². The Labute approximate surface area is 119 Å². The van der Waals surface area contributed by atoms with Gasteiger partial charge in [0.25, 0.3) is 0 Å². The first-order chi connectivity index (χ1) is 9.68. The molecular formula is C15H22N4O. The van der Waals surface area contributed by atoms with Gasteiger partial charge in [-0.25, -0.2) is 9.97 Å². The molecule has 1 aromatic rings. The Morgan fingerprint density at radius 3 is 2.75 bits per heavy atom. The van der Waals surface area contributed by atoms with E-state index in [0.29, 0.717) is 0 Å². The standard InChI is InChI=1S/C15H22N4O/c1-12-17-9-13(10-18-12)11-19-7-2-3-15(5-8-19)4-6-16-14(15)20/h9-10H,2-8,11H2,1H3,(H,16,20). The van der Waals surface area contributed by atoms with Crippen molar-refractivity contribution in [1.82, 2.24) is 20.2 Å². The van der Waals surface area contributed by atoms with E-state index in [9.17, 15) is 4.79 Å². The van der Waals surface area contributed by atoms with E-state index < -0.39 is 0 Å². The number of amides is 1. The fourth-order valence-electron chi connectivity index (χ4n) is 3.36. The van der Waals surface area contributed by atoms with Crippen LogP contribution in [0.5, 0.6) is 0 Å². The van der Waals surface area contributed by atoms with E-state index in [1.54, 1.807) is 0 Å². The second-order valence-corrected chi connectivity index (χ2v) is 6.05. The van der Waals surface area contributed by atoms with Crippen LogP contribution in [-0.4, -0.2) is 40.4 Å². The molecule has 3 rings (SSSR count). The van der Waals surface area contributed by atoms with E-state index >= 15 is 0 Å². The van der Waals surface area contributed by atoms with Crippen molar-refractivity contribution in [1.29, 1.82) is 0 Å². The molecule has 1 unspecified atom stereocenters. The Kier molecular flexibility index (Phi) is 3.70. The third-order valence-corrected chi connectivity index (χ3v) is 4.65. The van der Waals surface area contributed by atoms with Crippen LogP contribution >= 0.6 is 0 Å². The maximum Gasteiger partial charge on any atom is 0.226 e. The molecule has 0 bridgehead atoms. The van der Waals surface area contributed by atoms with Gasteiger partial charge in [-0.3, -0.25) is 9.69 Å². The molecule has 0 aromatic carbocycles. The zero-order chi connectivity index (χ0) is 14.0. The van der Waals surface area contributed by atoms with E-state index in [1.807, 2.05) is 19.3 Å². The number of aromatic nitrogens is 2. The fourth-order valence-corrected chi connectivity index (χ4v) is 3.36. The first-order valence-electron chi connectivity index (χ1n) is 7.46.